The van der Waals surface area contributed by atoms with Gasteiger partial charge in [-0.25, -0.2) is 0 Å². The van der Waals surface area contributed by atoms with Crippen LogP contribution in [0.5, 0.6) is 0 Å². The maximum atomic E-state index is 12.5. The van der Waals surface area contributed by atoms with E-state index >= 15 is 0 Å². The van der Waals surface area contributed by atoms with Gasteiger partial charge in [0, 0.05) is 35.0 Å². The van der Waals surface area contributed by atoms with Gasteiger partial charge in [0.2, 0.25) is 5.13 Å². The summed E-state index contributed by atoms with van der Waals surface area (Å²) >= 11 is 6.16. The first-order valence-electron chi connectivity index (χ1n) is 9.08. The van der Waals surface area contributed by atoms with Crippen molar-refractivity contribution in [1.82, 2.24) is 20.1 Å². The van der Waals surface area contributed by atoms with Crippen LogP contribution in [0, 0.1) is 0 Å². The fraction of sp³-hybridized carbons (Fsp3) is 0.263. The molecule has 3 heterocycles. The minimum Gasteiger partial charge on any atom is -0.356 e. The number of nitrogens with zero attached hydrogens (tertiary/aromatic N) is 3. The van der Waals surface area contributed by atoms with E-state index in [-0.39, 0.29) is 17.4 Å². The Morgan fingerprint density at radius 2 is 2.07 bits per heavy atom. The molecule has 4 rings (SSSR count). The lowest BCUT2D eigenvalue weighted by molar-refractivity contribution is 0.0787. The highest BCUT2D eigenvalue weighted by Crippen LogP contribution is 2.29. The number of carbonyl (C=O) groups is 2. The summed E-state index contributed by atoms with van der Waals surface area (Å²) in [5.41, 5.74) is 1.89. The number of amides is 1. The fourth-order valence-corrected chi connectivity index (χ4v) is 5.05. The molecule has 1 saturated heterocycles. The molecule has 150 valence electrons. The quantitative estimate of drug-likeness (QED) is 0.371. The molecular weight excluding hydrogens is 474 g/mol. The second-order valence-corrected chi connectivity index (χ2v) is 9.64. The normalized spacial score (nSPS) is 13.6. The molecule has 0 bridgehead atoms. The summed E-state index contributed by atoms with van der Waals surface area (Å²) in [5, 5.41) is 12.1. The van der Waals surface area contributed by atoms with Crippen LogP contribution >= 0.6 is 39.0 Å². The molecule has 1 fully saturated rings. The number of ketones is 1. The number of aromatic nitrogens is 3. The van der Waals surface area contributed by atoms with E-state index in [1.54, 1.807) is 12.3 Å². The van der Waals surface area contributed by atoms with E-state index in [0.29, 0.717) is 20.7 Å². The average Bonchev–Trinajstić information content (AvgIpc) is 3.47. The molecule has 2 N–H and O–H groups in total. The lowest BCUT2D eigenvalue weighted by atomic mass is 10.2. The Kier molecular flexibility index (Phi) is 6.31. The van der Waals surface area contributed by atoms with Crippen LogP contribution in [0.2, 0.25) is 0 Å². The van der Waals surface area contributed by atoms with Crippen molar-refractivity contribution in [3.63, 3.8) is 0 Å². The number of carbonyl (C=O) groups excluding carboxylic acids is 2. The summed E-state index contributed by atoms with van der Waals surface area (Å²) in [6.07, 6.45) is 3.68. The molecule has 29 heavy (non-hydrogen) atoms. The second-order valence-electron chi connectivity index (χ2n) is 6.52. The number of Topliss-reactive ketones (excluding diaryl/α,β-unsaturated/α-hetero) is 1. The first-order valence-corrected chi connectivity index (χ1v) is 11.7. The van der Waals surface area contributed by atoms with Gasteiger partial charge in [-0.2, -0.15) is 0 Å². The van der Waals surface area contributed by atoms with Crippen molar-refractivity contribution in [2.24, 2.45) is 0 Å². The molecule has 1 aliphatic rings. The van der Waals surface area contributed by atoms with Crippen molar-refractivity contribution in [3.8, 4) is 0 Å². The summed E-state index contributed by atoms with van der Waals surface area (Å²) in [6, 6.07) is 9.41. The number of likely N-dealkylation sites (tertiary alicyclic amines) is 1. The lowest BCUT2D eigenvalue weighted by Crippen LogP contribution is -2.27. The van der Waals surface area contributed by atoms with Crippen LogP contribution in [0.4, 0.5) is 10.8 Å². The van der Waals surface area contributed by atoms with E-state index < -0.39 is 0 Å². The van der Waals surface area contributed by atoms with Crippen molar-refractivity contribution in [1.29, 1.82) is 0 Å². The first-order chi connectivity index (χ1) is 14.1. The van der Waals surface area contributed by atoms with Crippen LogP contribution in [0.1, 0.15) is 33.7 Å². The Labute approximate surface area is 184 Å². The standard InChI is InChI=1S/C19H18BrN5O2S2/c20-13-4-3-5-14(9-13)22-18-23-24-19(29-18)28-11-16(26)12-8-15(21-10-12)17(27)25-6-1-2-7-25/h3-5,8-10,21H,1-2,6-7,11H2,(H,22,23). The van der Waals surface area contributed by atoms with E-state index in [1.807, 2.05) is 29.2 Å². The number of H-pyrrole nitrogens is 1. The number of nitrogens with one attached hydrogen (secondary N) is 2. The third-order valence-electron chi connectivity index (χ3n) is 4.44. The van der Waals surface area contributed by atoms with Crippen molar-refractivity contribution >= 4 is 61.5 Å². The van der Waals surface area contributed by atoms with Crippen molar-refractivity contribution in [2.75, 3.05) is 24.2 Å². The molecule has 0 aliphatic carbocycles. The molecule has 3 aromatic rings. The van der Waals surface area contributed by atoms with Gasteiger partial charge >= 0.3 is 0 Å². The smallest absolute Gasteiger partial charge is 0.270 e. The number of benzene rings is 1. The first kappa shape index (κ1) is 20.1. The maximum absolute atomic E-state index is 12.5. The number of hydrogen-bond acceptors (Lipinski definition) is 7. The molecular formula is C19H18BrN5O2S2. The zero-order chi connectivity index (χ0) is 20.2. The molecule has 1 aliphatic heterocycles. The molecule has 1 aromatic carbocycles. The monoisotopic (exact) mass is 491 g/mol. The molecule has 0 radical (unpaired) electrons. The predicted molar refractivity (Wildman–Crippen MR) is 118 cm³/mol. The van der Waals surface area contributed by atoms with E-state index in [1.165, 1.54) is 23.1 Å². The number of hydrogen-bond donors (Lipinski definition) is 2. The van der Waals surface area contributed by atoms with Crippen molar-refractivity contribution in [2.45, 2.75) is 17.2 Å². The Bertz CT molecular complexity index is 1030. The highest BCUT2D eigenvalue weighted by molar-refractivity contribution is 9.10. The molecule has 0 atom stereocenters. The van der Waals surface area contributed by atoms with Gasteiger partial charge in [0.25, 0.3) is 5.91 Å². The van der Waals surface area contributed by atoms with Gasteiger partial charge in [0.15, 0.2) is 10.1 Å². The van der Waals surface area contributed by atoms with E-state index in [0.717, 1.165) is 36.1 Å². The van der Waals surface area contributed by atoms with Crippen LogP contribution in [0.25, 0.3) is 0 Å². The number of thioether (sulfide) groups is 1. The molecule has 2 aromatic heterocycles. The molecule has 7 nitrogen and oxygen atoms in total. The van der Waals surface area contributed by atoms with Crippen molar-refractivity contribution < 1.29 is 9.59 Å². The predicted octanol–water partition coefficient (Wildman–Crippen LogP) is 4.58. The number of aromatic amines is 1. The zero-order valence-electron chi connectivity index (χ0n) is 15.4. The van der Waals surface area contributed by atoms with E-state index in [2.05, 4.69) is 36.4 Å². The summed E-state index contributed by atoms with van der Waals surface area (Å²) < 4.78 is 1.68. The van der Waals surface area contributed by atoms with E-state index in [9.17, 15) is 9.59 Å². The van der Waals surface area contributed by atoms with E-state index in [4.69, 9.17) is 0 Å². The number of rotatable bonds is 7. The molecule has 1 amide bonds. The summed E-state index contributed by atoms with van der Waals surface area (Å²) in [5.74, 6) is 0.144. The third kappa shape index (κ3) is 5.06. The molecule has 0 unspecified atom stereocenters. The van der Waals surface area contributed by atoms with Gasteiger partial charge in [0.05, 0.1) is 5.75 Å². The fourth-order valence-electron chi connectivity index (χ4n) is 2.99. The van der Waals surface area contributed by atoms with Gasteiger partial charge < -0.3 is 15.2 Å². The summed E-state index contributed by atoms with van der Waals surface area (Å²) in [4.78, 5) is 29.6. The van der Waals surface area contributed by atoms with Gasteiger partial charge in [-0.15, -0.1) is 10.2 Å². The second kappa shape index (κ2) is 9.10. The third-order valence-corrected chi connectivity index (χ3v) is 6.90. The Hall–Kier alpha value is -2.17. The van der Waals surface area contributed by atoms with Crippen LogP contribution in [0.3, 0.4) is 0 Å². The van der Waals surface area contributed by atoms with Gasteiger partial charge in [0.1, 0.15) is 5.69 Å². The van der Waals surface area contributed by atoms with Crippen LogP contribution in [-0.2, 0) is 0 Å². The highest BCUT2D eigenvalue weighted by atomic mass is 79.9. The minimum atomic E-state index is -0.0524. The number of halogens is 1. The van der Waals surface area contributed by atoms with Crippen molar-refractivity contribution in [3.05, 3.63) is 52.3 Å². The summed E-state index contributed by atoms with van der Waals surface area (Å²) in [7, 11) is 0. The Morgan fingerprint density at radius 1 is 1.24 bits per heavy atom. The maximum Gasteiger partial charge on any atom is 0.270 e. The Morgan fingerprint density at radius 3 is 2.86 bits per heavy atom. The Balaban J connectivity index is 1.32. The van der Waals surface area contributed by atoms with Gasteiger partial charge in [-0.1, -0.05) is 45.1 Å². The van der Waals surface area contributed by atoms with Gasteiger partial charge in [-0.3, -0.25) is 9.59 Å². The SMILES string of the molecule is O=C(CSc1nnc(Nc2cccc(Br)c2)s1)c1c[nH]c(C(=O)N2CCCC2)c1. The van der Waals surface area contributed by atoms with Gasteiger partial charge in [-0.05, 0) is 37.1 Å². The number of anilines is 2. The zero-order valence-corrected chi connectivity index (χ0v) is 18.6. The van der Waals surface area contributed by atoms with Crippen LogP contribution < -0.4 is 5.32 Å². The average molecular weight is 492 g/mol. The molecule has 0 spiro atoms. The molecule has 10 heteroatoms. The highest BCUT2D eigenvalue weighted by Gasteiger charge is 2.22. The largest absolute Gasteiger partial charge is 0.356 e. The molecule has 0 saturated carbocycles. The summed E-state index contributed by atoms with van der Waals surface area (Å²) in [6.45, 7) is 1.56. The van der Waals surface area contributed by atoms with Crippen LogP contribution in [-0.4, -0.2) is 50.6 Å². The minimum absolute atomic E-state index is 0.0402. The lowest BCUT2D eigenvalue weighted by Gasteiger charge is -2.13. The topological polar surface area (TPSA) is 91.0 Å². The van der Waals surface area contributed by atoms with Crippen LogP contribution in [0.15, 0.2) is 45.3 Å².